The van der Waals surface area contributed by atoms with E-state index in [1.54, 1.807) is 6.33 Å². The summed E-state index contributed by atoms with van der Waals surface area (Å²) in [4.78, 5) is 26.1. The Morgan fingerprint density at radius 2 is 1.79 bits per heavy atom. The standard InChI is InChI=1S/C18H24N4O2/c23-18(14-3-1-2-4-14)22-7-5-15-16(6-8-22)19-13-20-17(15)21-9-11-24-12-10-21/h1-2,13-14H,3-12H2. The van der Waals surface area contributed by atoms with E-state index in [0.717, 1.165) is 76.6 Å². The van der Waals surface area contributed by atoms with Crippen molar-refractivity contribution < 1.29 is 9.53 Å². The second-order valence-electron chi connectivity index (χ2n) is 6.69. The molecule has 4 rings (SSSR count). The summed E-state index contributed by atoms with van der Waals surface area (Å²) in [5, 5.41) is 0. The predicted molar refractivity (Wildman–Crippen MR) is 90.9 cm³/mol. The molecule has 1 aromatic rings. The molecule has 0 aromatic carbocycles. The normalized spacial score (nSPS) is 21.7. The molecular formula is C18H24N4O2. The van der Waals surface area contributed by atoms with Crippen molar-refractivity contribution >= 4 is 11.7 Å². The van der Waals surface area contributed by atoms with Crippen LogP contribution in [0.1, 0.15) is 24.1 Å². The van der Waals surface area contributed by atoms with Gasteiger partial charge in [0.2, 0.25) is 5.91 Å². The third-order valence-electron chi connectivity index (χ3n) is 5.24. The van der Waals surface area contributed by atoms with Crippen molar-refractivity contribution in [3.05, 3.63) is 29.7 Å². The molecule has 0 atom stereocenters. The fourth-order valence-electron chi connectivity index (χ4n) is 3.85. The number of morpholine rings is 1. The van der Waals surface area contributed by atoms with E-state index >= 15 is 0 Å². The fraction of sp³-hybridized carbons (Fsp3) is 0.611. The summed E-state index contributed by atoms with van der Waals surface area (Å²) in [5.41, 5.74) is 2.32. The van der Waals surface area contributed by atoms with E-state index in [0.29, 0.717) is 5.91 Å². The van der Waals surface area contributed by atoms with Crippen LogP contribution in [-0.2, 0) is 22.4 Å². The third-order valence-corrected chi connectivity index (χ3v) is 5.24. The van der Waals surface area contributed by atoms with Crippen LogP contribution < -0.4 is 4.90 Å². The van der Waals surface area contributed by atoms with E-state index < -0.39 is 0 Å². The Morgan fingerprint density at radius 1 is 1.04 bits per heavy atom. The minimum Gasteiger partial charge on any atom is -0.378 e. The van der Waals surface area contributed by atoms with Crippen LogP contribution in [0.3, 0.4) is 0 Å². The molecular weight excluding hydrogens is 304 g/mol. The van der Waals surface area contributed by atoms with Crippen LogP contribution in [0.15, 0.2) is 18.5 Å². The average Bonchev–Trinajstić information content (AvgIpc) is 3.08. The van der Waals surface area contributed by atoms with E-state index in [-0.39, 0.29) is 5.92 Å². The summed E-state index contributed by atoms with van der Waals surface area (Å²) in [6.45, 7) is 4.78. The summed E-state index contributed by atoms with van der Waals surface area (Å²) in [7, 11) is 0. The van der Waals surface area contributed by atoms with Gasteiger partial charge in [-0.2, -0.15) is 0 Å². The number of nitrogens with zero attached hydrogens (tertiary/aromatic N) is 4. The van der Waals surface area contributed by atoms with Gasteiger partial charge in [0, 0.05) is 44.1 Å². The van der Waals surface area contributed by atoms with Crippen molar-refractivity contribution in [2.45, 2.75) is 25.7 Å². The smallest absolute Gasteiger partial charge is 0.226 e. The largest absolute Gasteiger partial charge is 0.378 e. The Hall–Kier alpha value is -1.95. The maximum absolute atomic E-state index is 12.7. The highest BCUT2D eigenvalue weighted by atomic mass is 16.5. The van der Waals surface area contributed by atoms with E-state index in [1.807, 2.05) is 4.90 Å². The van der Waals surface area contributed by atoms with Gasteiger partial charge in [-0.15, -0.1) is 0 Å². The molecule has 0 bridgehead atoms. The van der Waals surface area contributed by atoms with Gasteiger partial charge < -0.3 is 14.5 Å². The molecule has 0 N–H and O–H groups in total. The van der Waals surface area contributed by atoms with Gasteiger partial charge in [-0.1, -0.05) is 12.2 Å². The lowest BCUT2D eigenvalue weighted by Crippen LogP contribution is -2.38. The first-order chi connectivity index (χ1) is 11.8. The van der Waals surface area contributed by atoms with Gasteiger partial charge >= 0.3 is 0 Å². The number of anilines is 1. The Bertz CT molecular complexity index is 632. The molecule has 1 aliphatic carbocycles. The number of rotatable bonds is 2. The van der Waals surface area contributed by atoms with E-state index in [9.17, 15) is 4.79 Å². The lowest BCUT2D eigenvalue weighted by Gasteiger charge is -2.29. The number of fused-ring (bicyclic) bond motifs is 1. The molecule has 6 nitrogen and oxygen atoms in total. The highest BCUT2D eigenvalue weighted by Gasteiger charge is 2.28. The zero-order valence-corrected chi connectivity index (χ0v) is 14.0. The fourth-order valence-corrected chi connectivity index (χ4v) is 3.85. The topological polar surface area (TPSA) is 58.6 Å². The third kappa shape index (κ3) is 3.02. The van der Waals surface area contributed by atoms with Gasteiger partial charge in [-0.3, -0.25) is 4.79 Å². The van der Waals surface area contributed by atoms with Crippen LogP contribution in [0.4, 0.5) is 5.82 Å². The predicted octanol–water partition coefficient (Wildman–Crippen LogP) is 1.21. The zero-order chi connectivity index (χ0) is 16.4. The van der Waals surface area contributed by atoms with Crippen LogP contribution in [0.2, 0.25) is 0 Å². The van der Waals surface area contributed by atoms with Crippen LogP contribution in [0.5, 0.6) is 0 Å². The lowest BCUT2D eigenvalue weighted by molar-refractivity contribution is -0.135. The number of carbonyl (C=O) groups excluding carboxylic acids is 1. The van der Waals surface area contributed by atoms with Crippen molar-refractivity contribution in [2.24, 2.45) is 5.92 Å². The second-order valence-corrected chi connectivity index (χ2v) is 6.69. The molecule has 2 aliphatic heterocycles. The molecule has 0 saturated carbocycles. The molecule has 3 heterocycles. The van der Waals surface area contributed by atoms with Gasteiger partial charge in [0.05, 0.1) is 18.9 Å². The summed E-state index contributed by atoms with van der Waals surface area (Å²) >= 11 is 0. The molecule has 1 aromatic heterocycles. The van der Waals surface area contributed by atoms with Gasteiger partial charge in [0.25, 0.3) is 0 Å². The number of carbonyl (C=O) groups is 1. The highest BCUT2D eigenvalue weighted by molar-refractivity contribution is 5.79. The average molecular weight is 328 g/mol. The Kier molecular flexibility index (Phi) is 4.47. The van der Waals surface area contributed by atoms with Crippen LogP contribution in [0.25, 0.3) is 0 Å². The van der Waals surface area contributed by atoms with Crippen molar-refractivity contribution in [1.82, 2.24) is 14.9 Å². The molecule has 6 heteroatoms. The molecule has 3 aliphatic rings. The van der Waals surface area contributed by atoms with E-state index in [1.165, 1.54) is 5.56 Å². The number of ether oxygens (including phenoxy) is 1. The van der Waals surface area contributed by atoms with E-state index in [2.05, 4.69) is 27.0 Å². The summed E-state index contributed by atoms with van der Waals surface area (Å²) in [5.74, 6) is 1.49. The van der Waals surface area contributed by atoms with E-state index in [4.69, 9.17) is 4.74 Å². The van der Waals surface area contributed by atoms with Crippen molar-refractivity contribution in [3.63, 3.8) is 0 Å². The van der Waals surface area contributed by atoms with Crippen molar-refractivity contribution in [2.75, 3.05) is 44.3 Å². The minimum absolute atomic E-state index is 0.149. The summed E-state index contributed by atoms with van der Waals surface area (Å²) in [6, 6.07) is 0. The molecule has 1 fully saturated rings. The minimum atomic E-state index is 0.149. The number of amides is 1. The second kappa shape index (κ2) is 6.89. The Balaban J connectivity index is 1.51. The molecule has 0 radical (unpaired) electrons. The van der Waals surface area contributed by atoms with Gasteiger partial charge in [0.15, 0.2) is 0 Å². The SMILES string of the molecule is O=C(C1CC=CC1)N1CCc2ncnc(N3CCOCC3)c2CC1. The lowest BCUT2D eigenvalue weighted by atomic mass is 10.1. The Labute approximate surface area is 142 Å². The van der Waals surface area contributed by atoms with Gasteiger partial charge in [-0.25, -0.2) is 9.97 Å². The van der Waals surface area contributed by atoms with Crippen molar-refractivity contribution in [1.29, 1.82) is 0 Å². The number of hydrogen-bond acceptors (Lipinski definition) is 5. The molecule has 0 unspecified atom stereocenters. The maximum atomic E-state index is 12.7. The van der Waals surface area contributed by atoms with Gasteiger partial charge in [0.1, 0.15) is 12.1 Å². The zero-order valence-electron chi connectivity index (χ0n) is 14.0. The first-order valence-corrected chi connectivity index (χ1v) is 8.92. The number of hydrogen-bond donors (Lipinski definition) is 0. The summed E-state index contributed by atoms with van der Waals surface area (Å²) in [6.07, 6.45) is 9.36. The maximum Gasteiger partial charge on any atom is 0.226 e. The molecule has 128 valence electrons. The van der Waals surface area contributed by atoms with Crippen LogP contribution in [-0.4, -0.2) is 60.2 Å². The highest BCUT2D eigenvalue weighted by Crippen LogP contribution is 2.26. The number of aromatic nitrogens is 2. The van der Waals surface area contributed by atoms with Crippen LogP contribution >= 0.6 is 0 Å². The first-order valence-electron chi connectivity index (χ1n) is 8.92. The van der Waals surface area contributed by atoms with Gasteiger partial charge in [-0.05, 0) is 19.3 Å². The molecule has 0 spiro atoms. The monoisotopic (exact) mass is 328 g/mol. The van der Waals surface area contributed by atoms with Crippen molar-refractivity contribution in [3.8, 4) is 0 Å². The number of allylic oxidation sites excluding steroid dienone is 2. The molecule has 1 amide bonds. The Morgan fingerprint density at radius 3 is 2.58 bits per heavy atom. The first kappa shape index (κ1) is 15.6. The quantitative estimate of drug-likeness (QED) is 0.764. The van der Waals surface area contributed by atoms with Crippen LogP contribution in [0, 0.1) is 5.92 Å². The molecule has 24 heavy (non-hydrogen) atoms. The summed E-state index contributed by atoms with van der Waals surface area (Å²) < 4.78 is 5.45. The molecule has 1 saturated heterocycles.